The summed E-state index contributed by atoms with van der Waals surface area (Å²) >= 11 is 12.2. The molecule has 1 aliphatic heterocycles. The van der Waals surface area contributed by atoms with Gasteiger partial charge in [-0.15, -0.1) is 0 Å². The van der Waals surface area contributed by atoms with Gasteiger partial charge in [0.2, 0.25) is 5.91 Å². The van der Waals surface area contributed by atoms with E-state index in [2.05, 4.69) is 0 Å². The molecule has 3 atom stereocenters. The van der Waals surface area contributed by atoms with Crippen LogP contribution in [-0.2, 0) is 4.79 Å². The zero-order chi connectivity index (χ0) is 13.6. The van der Waals surface area contributed by atoms with Crippen molar-refractivity contribution in [3.05, 3.63) is 33.8 Å². The fourth-order valence-electron chi connectivity index (χ4n) is 2.79. The van der Waals surface area contributed by atoms with Crippen molar-refractivity contribution in [1.82, 2.24) is 4.90 Å². The number of hydrogen-bond donors (Lipinski definition) is 1. The molecule has 2 aliphatic rings. The Balaban J connectivity index is 1.71. The van der Waals surface area contributed by atoms with Gasteiger partial charge >= 0.3 is 0 Å². The minimum atomic E-state index is -0.365. The topological polar surface area (TPSA) is 40.5 Å². The summed E-state index contributed by atoms with van der Waals surface area (Å²) in [6.45, 7) is 1.12. The van der Waals surface area contributed by atoms with Crippen molar-refractivity contribution >= 4 is 29.1 Å². The monoisotopic (exact) mass is 299 g/mol. The summed E-state index contributed by atoms with van der Waals surface area (Å²) in [5, 5.41) is 10.6. The van der Waals surface area contributed by atoms with E-state index in [1.807, 2.05) is 12.1 Å². The first-order chi connectivity index (χ1) is 9.08. The number of benzene rings is 1. The number of halogens is 2. The summed E-state index contributed by atoms with van der Waals surface area (Å²) < 4.78 is 0. The van der Waals surface area contributed by atoms with Gasteiger partial charge in [-0.1, -0.05) is 35.3 Å². The number of nitrogens with zero attached hydrogens (tertiary/aromatic N) is 1. The lowest BCUT2D eigenvalue weighted by Gasteiger charge is -2.15. The lowest BCUT2D eigenvalue weighted by atomic mass is 10.1. The molecule has 0 radical (unpaired) electrons. The average molecular weight is 300 g/mol. The highest BCUT2D eigenvalue weighted by Crippen LogP contribution is 2.51. The van der Waals surface area contributed by atoms with Crippen LogP contribution in [0.15, 0.2) is 18.2 Å². The van der Waals surface area contributed by atoms with Crippen LogP contribution in [0.5, 0.6) is 0 Å². The number of hydrogen-bond acceptors (Lipinski definition) is 2. The van der Waals surface area contributed by atoms with Gasteiger partial charge < -0.3 is 10.0 Å². The smallest absolute Gasteiger partial charge is 0.226 e. The minimum Gasteiger partial charge on any atom is -0.391 e. The van der Waals surface area contributed by atoms with Crippen molar-refractivity contribution in [2.45, 2.75) is 24.9 Å². The van der Waals surface area contributed by atoms with Crippen LogP contribution in [0, 0.1) is 5.92 Å². The predicted octanol–water partition coefficient (Wildman–Crippen LogP) is 2.69. The quantitative estimate of drug-likeness (QED) is 0.912. The Morgan fingerprint density at radius 2 is 2.16 bits per heavy atom. The summed E-state index contributed by atoms with van der Waals surface area (Å²) in [5.74, 6) is 0.315. The molecule has 1 N–H and O–H groups in total. The molecule has 2 fully saturated rings. The third-order valence-electron chi connectivity index (χ3n) is 3.96. The Hall–Kier alpha value is -0.770. The normalized spacial score (nSPS) is 29.6. The van der Waals surface area contributed by atoms with E-state index in [0.717, 1.165) is 12.0 Å². The molecular weight excluding hydrogens is 285 g/mol. The van der Waals surface area contributed by atoms with Crippen molar-refractivity contribution in [3.63, 3.8) is 0 Å². The molecule has 1 aliphatic carbocycles. The Morgan fingerprint density at radius 1 is 1.37 bits per heavy atom. The molecular formula is C14H15Cl2NO2. The molecule has 1 heterocycles. The molecule has 0 spiro atoms. The zero-order valence-electron chi connectivity index (χ0n) is 10.4. The number of amides is 1. The summed E-state index contributed by atoms with van der Waals surface area (Å²) in [6, 6.07) is 5.55. The maximum Gasteiger partial charge on any atom is 0.226 e. The Kier molecular flexibility index (Phi) is 3.46. The first-order valence-corrected chi connectivity index (χ1v) is 7.24. The van der Waals surface area contributed by atoms with Gasteiger partial charge in [-0.2, -0.15) is 0 Å². The molecule has 3 rings (SSSR count). The first-order valence-electron chi connectivity index (χ1n) is 6.48. The number of carbonyl (C=O) groups is 1. The van der Waals surface area contributed by atoms with Crippen molar-refractivity contribution in [2.24, 2.45) is 5.92 Å². The molecule has 19 heavy (non-hydrogen) atoms. The standard InChI is InChI=1S/C14H15Cl2NO2/c15-12-3-1-2-9(13(12)16)10-6-11(10)14(19)17-5-4-8(18)7-17/h1-3,8,10-11,18H,4-7H2/t8-,10?,11?/m1/s1. The number of β-amino-alcohol motifs (C(OH)–C–C–N with tert-alkyl or cyclic N) is 1. The number of aliphatic hydroxyl groups excluding tert-OH is 1. The summed E-state index contributed by atoms with van der Waals surface area (Å²) in [4.78, 5) is 14.0. The van der Waals surface area contributed by atoms with E-state index in [-0.39, 0.29) is 23.8 Å². The van der Waals surface area contributed by atoms with E-state index < -0.39 is 0 Å². The molecule has 0 bridgehead atoms. The second-order valence-electron chi connectivity index (χ2n) is 5.32. The van der Waals surface area contributed by atoms with Gasteiger partial charge in [-0.05, 0) is 30.4 Å². The van der Waals surface area contributed by atoms with Gasteiger partial charge in [-0.3, -0.25) is 4.79 Å². The van der Waals surface area contributed by atoms with Crippen molar-refractivity contribution in [2.75, 3.05) is 13.1 Å². The second-order valence-corrected chi connectivity index (χ2v) is 6.10. The molecule has 2 unspecified atom stereocenters. The van der Waals surface area contributed by atoms with Crippen LogP contribution in [0.1, 0.15) is 24.3 Å². The van der Waals surface area contributed by atoms with E-state index in [4.69, 9.17) is 23.2 Å². The second kappa shape index (κ2) is 4.97. The van der Waals surface area contributed by atoms with Crippen molar-refractivity contribution in [1.29, 1.82) is 0 Å². The molecule has 1 aromatic carbocycles. The van der Waals surface area contributed by atoms with Gasteiger partial charge in [0, 0.05) is 19.0 Å². The molecule has 102 valence electrons. The molecule has 0 aromatic heterocycles. The highest BCUT2D eigenvalue weighted by Gasteiger charge is 2.47. The van der Waals surface area contributed by atoms with Crippen LogP contribution in [0.4, 0.5) is 0 Å². The highest BCUT2D eigenvalue weighted by molar-refractivity contribution is 6.42. The van der Waals surface area contributed by atoms with Crippen molar-refractivity contribution < 1.29 is 9.90 Å². The fourth-order valence-corrected chi connectivity index (χ4v) is 3.24. The van der Waals surface area contributed by atoms with Gasteiger partial charge in [0.25, 0.3) is 0 Å². The largest absolute Gasteiger partial charge is 0.391 e. The fraction of sp³-hybridized carbons (Fsp3) is 0.500. The Morgan fingerprint density at radius 3 is 2.84 bits per heavy atom. The van der Waals surface area contributed by atoms with E-state index in [9.17, 15) is 9.90 Å². The maximum atomic E-state index is 12.3. The molecule has 1 saturated heterocycles. The summed E-state index contributed by atoms with van der Waals surface area (Å²) in [5.41, 5.74) is 0.965. The lowest BCUT2D eigenvalue weighted by molar-refractivity contribution is -0.131. The third-order valence-corrected chi connectivity index (χ3v) is 4.80. The van der Waals surface area contributed by atoms with Gasteiger partial charge in [-0.25, -0.2) is 0 Å². The SMILES string of the molecule is O=C(C1CC1c1cccc(Cl)c1Cl)N1CC[C@@H](O)C1. The van der Waals surface area contributed by atoms with Crippen LogP contribution in [0.2, 0.25) is 10.0 Å². The molecule has 1 aromatic rings. The number of rotatable bonds is 2. The Bertz CT molecular complexity index is 520. The van der Waals surface area contributed by atoms with E-state index >= 15 is 0 Å². The zero-order valence-corrected chi connectivity index (χ0v) is 11.9. The van der Waals surface area contributed by atoms with Gasteiger partial charge in [0.05, 0.1) is 16.1 Å². The van der Waals surface area contributed by atoms with E-state index in [1.165, 1.54) is 0 Å². The summed E-state index contributed by atoms with van der Waals surface area (Å²) in [6.07, 6.45) is 1.14. The van der Waals surface area contributed by atoms with Crippen LogP contribution in [0.25, 0.3) is 0 Å². The van der Waals surface area contributed by atoms with E-state index in [0.29, 0.717) is 29.6 Å². The highest BCUT2D eigenvalue weighted by atomic mass is 35.5. The third kappa shape index (κ3) is 2.47. The van der Waals surface area contributed by atoms with Crippen molar-refractivity contribution in [3.8, 4) is 0 Å². The summed E-state index contributed by atoms with van der Waals surface area (Å²) in [7, 11) is 0. The predicted molar refractivity (Wildman–Crippen MR) is 74.5 cm³/mol. The van der Waals surface area contributed by atoms with Crippen LogP contribution in [-0.4, -0.2) is 35.1 Å². The molecule has 1 saturated carbocycles. The molecule has 5 heteroatoms. The molecule has 1 amide bonds. The van der Waals surface area contributed by atoms with Gasteiger partial charge in [0.1, 0.15) is 0 Å². The minimum absolute atomic E-state index is 0.00117. The Labute approximate surface area is 122 Å². The number of carbonyl (C=O) groups excluding carboxylic acids is 1. The van der Waals surface area contributed by atoms with E-state index in [1.54, 1.807) is 11.0 Å². The molecule has 3 nitrogen and oxygen atoms in total. The lowest BCUT2D eigenvalue weighted by Crippen LogP contribution is -2.31. The van der Waals surface area contributed by atoms with Gasteiger partial charge in [0.15, 0.2) is 0 Å². The number of likely N-dealkylation sites (tertiary alicyclic amines) is 1. The van der Waals surface area contributed by atoms with Crippen LogP contribution < -0.4 is 0 Å². The average Bonchev–Trinajstić information content (AvgIpc) is 3.06. The number of aliphatic hydroxyl groups is 1. The first kappa shape index (κ1) is 13.2. The van der Waals surface area contributed by atoms with Crippen LogP contribution in [0.3, 0.4) is 0 Å². The van der Waals surface area contributed by atoms with Crippen LogP contribution >= 0.6 is 23.2 Å². The maximum absolute atomic E-state index is 12.3.